The lowest BCUT2D eigenvalue weighted by Crippen LogP contribution is -2.05. The van der Waals surface area contributed by atoms with E-state index in [1.54, 1.807) is 0 Å². The predicted octanol–water partition coefficient (Wildman–Crippen LogP) is 20.7. The fourth-order valence-corrected chi connectivity index (χ4v) is 14.5. The molecule has 398 valence electrons. The molecule has 5 heterocycles. The van der Waals surface area contributed by atoms with Gasteiger partial charge in [0.05, 0.1) is 55.5 Å². The van der Waals surface area contributed by atoms with Crippen molar-refractivity contribution in [2.75, 3.05) is 0 Å². The maximum atomic E-state index is 5.77. The number of rotatable bonds is 7. The van der Waals surface area contributed by atoms with Crippen LogP contribution in [0.5, 0.6) is 0 Å². The predicted molar refractivity (Wildman–Crippen MR) is 358 cm³/mol. The highest BCUT2D eigenvalue weighted by atomic mass is 15.2. The molecule has 0 atom stereocenters. The summed E-state index contributed by atoms with van der Waals surface area (Å²) in [7, 11) is 0. The maximum absolute atomic E-state index is 5.77. The van der Waals surface area contributed by atoms with Gasteiger partial charge in [0.15, 0.2) is 0 Å². The molecule has 1 aliphatic rings. The van der Waals surface area contributed by atoms with Crippen molar-refractivity contribution in [1.29, 1.82) is 0 Å². The summed E-state index contributed by atoms with van der Waals surface area (Å²) in [5.74, 6) is 0.634. The number of hydrogen-bond acceptors (Lipinski definition) is 2. The van der Waals surface area contributed by atoms with Gasteiger partial charge in [0, 0.05) is 76.8 Å². The van der Waals surface area contributed by atoms with Gasteiger partial charge in [0.25, 0.3) is 0 Å². The Hall–Kier alpha value is -11.6. The van der Waals surface area contributed by atoms with Crippen LogP contribution in [-0.4, -0.2) is 28.2 Å². The van der Waals surface area contributed by atoms with E-state index in [0.717, 1.165) is 94.7 Å². The number of benzene rings is 13. The van der Waals surface area contributed by atoms with Crippen LogP contribution in [0.4, 0.5) is 0 Å². The van der Waals surface area contributed by atoms with Gasteiger partial charge < -0.3 is 13.7 Å². The summed E-state index contributed by atoms with van der Waals surface area (Å²) in [6, 6.07) is 106. The van der Waals surface area contributed by atoms with Crippen LogP contribution < -0.4 is 0 Å². The molecule has 0 unspecified atom stereocenters. The van der Waals surface area contributed by atoms with Crippen LogP contribution in [0.1, 0.15) is 0 Å². The van der Waals surface area contributed by atoms with E-state index in [9.17, 15) is 0 Å². The topological polar surface area (TPSA) is 45.5 Å². The fourth-order valence-electron chi connectivity index (χ4n) is 14.5. The minimum absolute atomic E-state index is 0.634. The van der Waals surface area contributed by atoms with E-state index in [2.05, 4.69) is 309 Å². The third-order valence-corrected chi connectivity index (χ3v) is 18.3. The third-order valence-electron chi connectivity index (χ3n) is 18.3. The highest BCUT2D eigenvalue weighted by Gasteiger charge is 2.30. The Kier molecular flexibility index (Phi) is 9.80. The summed E-state index contributed by atoms with van der Waals surface area (Å²) in [4.78, 5) is 11.5. The van der Waals surface area contributed by atoms with Gasteiger partial charge in [-0.15, -0.1) is 0 Å². The fraction of sp³-hybridized carbons (Fsp3) is 0. The quantitative estimate of drug-likeness (QED) is 0.160. The normalized spacial score (nSPS) is 12.2. The van der Waals surface area contributed by atoms with E-state index in [1.165, 1.54) is 76.3 Å². The van der Waals surface area contributed by atoms with Gasteiger partial charge in [-0.05, 0) is 136 Å². The van der Waals surface area contributed by atoms with Gasteiger partial charge in [-0.2, -0.15) is 0 Å². The summed E-state index contributed by atoms with van der Waals surface area (Å²) in [6.45, 7) is 0. The number of nitrogens with zero attached hydrogens (tertiary/aromatic N) is 6. The van der Waals surface area contributed by atoms with Crippen molar-refractivity contribution < 1.29 is 0 Å². The standard InChI is InChI=1S/C80H48N6/c1-3-19-55(20-4-1)83-69-30-12-9-25-60(69)66-45-51(37-43-72(66)83)53-35-41-62-58-23-7-11-29-68(58)85(74(62)47-53)57-39-33-50(34-40-57)78-77-64-27-15-17-49-18-16-28-65(76(49)64)79(77)82-80(81-78)86-71-32-14-8-24-59(71)63-42-36-54(48-75(63)86)52-38-44-73-67(46-52)61-26-10-13-31-70(61)84(73)56-21-5-2-6-22-56/h1-48H. The molecule has 0 saturated carbocycles. The average Bonchev–Trinajstić information content (AvgIpc) is 2.89. The second kappa shape index (κ2) is 18.0. The van der Waals surface area contributed by atoms with Crippen LogP contribution in [0.3, 0.4) is 0 Å². The molecule has 0 saturated heterocycles. The largest absolute Gasteiger partial charge is 0.309 e. The Morgan fingerprint density at radius 2 is 0.593 bits per heavy atom. The zero-order chi connectivity index (χ0) is 56.1. The Morgan fingerprint density at radius 3 is 1.13 bits per heavy atom. The van der Waals surface area contributed by atoms with Gasteiger partial charge >= 0.3 is 0 Å². The summed E-state index contributed by atoms with van der Waals surface area (Å²) in [6.07, 6.45) is 0. The van der Waals surface area contributed by atoms with Gasteiger partial charge in [-0.3, -0.25) is 4.57 Å². The van der Waals surface area contributed by atoms with E-state index in [4.69, 9.17) is 9.97 Å². The van der Waals surface area contributed by atoms with Crippen LogP contribution in [-0.2, 0) is 0 Å². The molecule has 0 spiro atoms. The second-order valence-electron chi connectivity index (χ2n) is 22.9. The zero-order valence-electron chi connectivity index (χ0n) is 46.4. The summed E-state index contributed by atoms with van der Waals surface area (Å²) in [5.41, 5.74) is 23.4. The zero-order valence-corrected chi connectivity index (χ0v) is 46.4. The van der Waals surface area contributed by atoms with Crippen molar-refractivity contribution in [2.45, 2.75) is 0 Å². The number of hydrogen-bond donors (Lipinski definition) is 0. The van der Waals surface area contributed by atoms with Crippen LogP contribution in [0, 0.1) is 0 Å². The molecule has 86 heavy (non-hydrogen) atoms. The Labute approximate surface area is 493 Å². The number of para-hydroxylation sites is 6. The van der Waals surface area contributed by atoms with Crippen molar-refractivity contribution in [1.82, 2.24) is 28.2 Å². The van der Waals surface area contributed by atoms with E-state index < -0.39 is 0 Å². The van der Waals surface area contributed by atoms with Crippen LogP contribution in [0.25, 0.3) is 177 Å². The van der Waals surface area contributed by atoms with Crippen molar-refractivity contribution in [2.24, 2.45) is 0 Å². The number of fused-ring (bicyclic) bond motifs is 15. The minimum atomic E-state index is 0.634. The van der Waals surface area contributed by atoms with E-state index in [1.807, 2.05) is 0 Å². The maximum Gasteiger partial charge on any atom is 0.235 e. The molecule has 6 nitrogen and oxygen atoms in total. The molecule has 19 rings (SSSR count). The minimum Gasteiger partial charge on any atom is -0.309 e. The van der Waals surface area contributed by atoms with Gasteiger partial charge in [0.2, 0.25) is 5.95 Å². The van der Waals surface area contributed by atoms with Crippen molar-refractivity contribution >= 4 is 98.0 Å². The van der Waals surface area contributed by atoms with Crippen molar-refractivity contribution in [3.8, 4) is 78.9 Å². The van der Waals surface area contributed by atoms with Crippen molar-refractivity contribution in [3.63, 3.8) is 0 Å². The van der Waals surface area contributed by atoms with E-state index in [0.29, 0.717) is 5.95 Å². The monoisotopic (exact) mass is 1090 g/mol. The molecule has 13 aromatic carbocycles. The third kappa shape index (κ3) is 6.72. The summed E-state index contributed by atoms with van der Waals surface area (Å²) < 4.78 is 9.48. The van der Waals surface area contributed by atoms with Crippen molar-refractivity contribution in [3.05, 3.63) is 291 Å². The lowest BCUT2D eigenvalue weighted by atomic mass is 9.99. The summed E-state index contributed by atoms with van der Waals surface area (Å²) >= 11 is 0. The molecular weight excluding hydrogens is 1040 g/mol. The lowest BCUT2D eigenvalue weighted by Gasteiger charge is -2.15. The molecule has 5 aromatic heterocycles. The molecule has 1 aliphatic carbocycles. The molecule has 0 radical (unpaired) electrons. The van der Waals surface area contributed by atoms with Gasteiger partial charge in [-0.1, -0.05) is 194 Å². The van der Waals surface area contributed by atoms with Gasteiger partial charge in [-0.25, -0.2) is 9.97 Å². The molecular formula is C80H48N6. The average molecular weight is 1090 g/mol. The molecule has 0 amide bonds. The molecule has 0 N–H and O–H groups in total. The number of aromatic nitrogens is 6. The smallest absolute Gasteiger partial charge is 0.235 e. The Bertz CT molecular complexity index is 5870. The Morgan fingerprint density at radius 1 is 0.221 bits per heavy atom. The summed E-state index contributed by atoms with van der Waals surface area (Å²) in [5, 5.41) is 12.1. The molecule has 0 bridgehead atoms. The highest BCUT2D eigenvalue weighted by Crippen LogP contribution is 2.51. The highest BCUT2D eigenvalue weighted by molar-refractivity contribution is 6.18. The van der Waals surface area contributed by atoms with E-state index >= 15 is 0 Å². The first-order valence-electron chi connectivity index (χ1n) is 29.5. The Balaban J connectivity index is 0.772. The molecule has 0 aliphatic heterocycles. The first kappa shape index (κ1) is 46.9. The van der Waals surface area contributed by atoms with E-state index in [-0.39, 0.29) is 0 Å². The van der Waals surface area contributed by atoms with Gasteiger partial charge in [0.1, 0.15) is 0 Å². The molecule has 0 fully saturated rings. The second-order valence-corrected chi connectivity index (χ2v) is 22.9. The molecule has 6 heteroatoms. The first-order chi connectivity index (χ1) is 42.7. The van der Waals surface area contributed by atoms with Crippen LogP contribution >= 0.6 is 0 Å². The lowest BCUT2D eigenvalue weighted by molar-refractivity contribution is 0.999. The molecule has 18 aromatic rings. The van der Waals surface area contributed by atoms with Crippen LogP contribution in [0.15, 0.2) is 291 Å². The SMILES string of the molecule is c1ccc(-n2c3ccccc3c3cc(-c4ccc5c6ccccc6n(-c6ccc(-c7nc(-n8c9ccccc9c9ccc(-c%10ccc%11c(c%10)c%10ccccc%10n%11-c%10ccccc%10)cc98)nc8c7-c7cccc9cccc-8c79)cc6)c5c4)ccc32)cc1. The first-order valence-corrected chi connectivity index (χ1v) is 29.5. The van der Waals surface area contributed by atoms with Crippen LogP contribution in [0.2, 0.25) is 0 Å².